The van der Waals surface area contributed by atoms with Gasteiger partial charge in [-0.1, -0.05) is 17.7 Å². The number of nitrogens with one attached hydrogen (secondary N) is 2. The average Bonchev–Trinajstić information content (AvgIpc) is 2.44. The van der Waals surface area contributed by atoms with Gasteiger partial charge in [0.25, 0.3) is 0 Å². The molecule has 21 heavy (non-hydrogen) atoms. The summed E-state index contributed by atoms with van der Waals surface area (Å²) >= 11 is 5.80. The second kappa shape index (κ2) is 6.23. The van der Waals surface area contributed by atoms with Crippen molar-refractivity contribution in [2.45, 2.75) is 6.92 Å². The van der Waals surface area contributed by atoms with Crippen molar-refractivity contribution in [3.05, 3.63) is 47.2 Å². The van der Waals surface area contributed by atoms with E-state index >= 15 is 0 Å². The third-order valence-electron chi connectivity index (χ3n) is 2.67. The van der Waals surface area contributed by atoms with Crippen LogP contribution in [0.15, 0.2) is 36.5 Å². The minimum Gasteiger partial charge on any atom is -0.397 e. The number of nitrogens with two attached hydrogens (primary N) is 1. The van der Waals surface area contributed by atoms with Gasteiger partial charge in [0.15, 0.2) is 5.15 Å². The molecule has 0 aliphatic carbocycles. The van der Waals surface area contributed by atoms with Crippen LogP contribution in [0.3, 0.4) is 0 Å². The topological polar surface area (TPSA) is 97.1 Å². The Morgan fingerprint density at radius 1 is 1.14 bits per heavy atom. The van der Waals surface area contributed by atoms with Crippen molar-refractivity contribution in [1.29, 1.82) is 0 Å². The molecule has 2 aromatic rings. The molecular weight excluding hydrogens is 292 g/mol. The number of hydrogen-bond donors (Lipinski definition) is 3. The molecule has 7 heteroatoms. The van der Waals surface area contributed by atoms with Crippen LogP contribution in [-0.2, 0) is 9.59 Å². The number of halogens is 1. The van der Waals surface area contributed by atoms with Crippen molar-refractivity contribution in [3.63, 3.8) is 0 Å². The van der Waals surface area contributed by atoms with E-state index in [-0.39, 0.29) is 10.8 Å². The average molecular weight is 305 g/mol. The monoisotopic (exact) mass is 304 g/mol. The Kier molecular flexibility index (Phi) is 4.39. The highest BCUT2D eigenvalue weighted by Gasteiger charge is 2.16. The smallest absolute Gasteiger partial charge is 0.314 e. The van der Waals surface area contributed by atoms with Crippen LogP contribution in [0.4, 0.5) is 17.1 Å². The Morgan fingerprint density at radius 3 is 2.43 bits per heavy atom. The molecule has 0 aliphatic rings. The van der Waals surface area contributed by atoms with E-state index in [9.17, 15) is 9.59 Å². The van der Waals surface area contributed by atoms with Crippen molar-refractivity contribution >= 4 is 40.5 Å². The van der Waals surface area contributed by atoms with E-state index < -0.39 is 11.8 Å². The molecule has 108 valence electrons. The number of hydrogen-bond acceptors (Lipinski definition) is 4. The first-order valence-electron chi connectivity index (χ1n) is 6.06. The summed E-state index contributed by atoms with van der Waals surface area (Å²) in [5.74, 6) is -1.70. The molecule has 6 nitrogen and oxygen atoms in total. The Hall–Kier alpha value is -2.60. The number of pyridine rings is 1. The van der Waals surface area contributed by atoms with Gasteiger partial charge in [0.1, 0.15) is 0 Å². The maximum atomic E-state index is 11.8. The summed E-state index contributed by atoms with van der Waals surface area (Å²) < 4.78 is 0. The van der Waals surface area contributed by atoms with Crippen molar-refractivity contribution in [2.24, 2.45) is 0 Å². The number of aromatic nitrogens is 1. The van der Waals surface area contributed by atoms with Gasteiger partial charge in [-0.3, -0.25) is 9.59 Å². The van der Waals surface area contributed by atoms with Crippen molar-refractivity contribution in [1.82, 2.24) is 4.98 Å². The van der Waals surface area contributed by atoms with E-state index in [1.807, 2.05) is 6.92 Å². The number of nitrogen functional groups attached to an aromatic ring is 1. The van der Waals surface area contributed by atoms with Gasteiger partial charge < -0.3 is 16.4 Å². The second-order valence-electron chi connectivity index (χ2n) is 4.34. The van der Waals surface area contributed by atoms with Crippen LogP contribution in [0, 0.1) is 6.92 Å². The summed E-state index contributed by atoms with van der Waals surface area (Å²) in [5, 5.41) is 4.92. The van der Waals surface area contributed by atoms with Crippen LogP contribution in [0.1, 0.15) is 5.56 Å². The van der Waals surface area contributed by atoms with Crippen molar-refractivity contribution in [3.8, 4) is 0 Å². The third kappa shape index (κ3) is 3.70. The van der Waals surface area contributed by atoms with Gasteiger partial charge >= 0.3 is 11.8 Å². The maximum Gasteiger partial charge on any atom is 0.314 e. The second-order valence-corrected chi connectivity index (χ2v) is 4.70. The molecule has 0 saturated heterocycles. The number of nitrogens with zero attached hydrogens (tertiary/aromatic N) is 1. The molecule has 0 saturated carbocycles. The van der Waals surface area contributed by atoms with E-state index in [0.29, 0.717) is 11.4 Å². The predicted molar refractivity (Wildman–Crippen MR) is 82.1 cm³/mol. The van der Waals surface area contributed by atoms with E-state index in [1.54, 1.807) is 30.3 Å². The summed E-state index contributed by atoms with van der Waals surface area (Å²) in [6, 6.07) is 8.25. The van der Waals surface area contributed by atoms with Gasteiger partial charge in [0.05, 0.1) is 17.1 Å². The third-order valence-corrected chi connectivity index (χ3v) is 2.97. The number of carbonyl (C=O) groups is 2. The summed E-state index contributed by atoms with van der Waals surface area (Å²) in [6.07, 6.45) is 1.48. The van der Waals surface area contributed by atoms with Gasteiger partial charge in [-0.2, -0.15) is 0 Å². The highest BCUT2D eigenvalue weighted by Crippen LogP contribution is 2.20. The number of aryl methyl sites for hydroxylation is 1. The minimum atomic E-state index is -0.857. The molecule has 0 fully saturated rings. The van der Waals surface area contributed by atoms with E-state index in [0.717, 1.165) is 5.56 Å². The Labute approximate surface area is 126 Å². The van der Waals surface area contributed by atoms with E-state index in [1.165, 1.54) is 6.20 Å². The largest absolute Gasteiger partial charge is 0.397 e. The Bertz CT molecular complexity index is 703. The minimum absolute atomic E-state index is 0.105. The molecule has 0 bridgehead atoms. The van der Waals surface area contributed by atoms with Crippen LogP contribution in [0.5, 0.6) is 0 Å². The number of rotatable bonds is 2. The lowest BCUT2D eigenvalue weighted by atomic mass is 10.2. The van der Waals surface area contributed by atoms with Crippen LogP contribution >= 0.6 is 11.6 Å². The molecular formula is C14H13ClN4O2. The molecule has 1 heterocycles. The fourth-order valence-electron chi connectivity index (χ4n) is 1.63. The van der Waals surface area contributed by atoms with Crippen LogP contribution in [-0.4, -0.2) is 16.8 Å². The molecule has 1 aromatic carbocycles. The molecule has 0 radical (unpaired) electrons. The summed E-state index contributed by atoms with van der Waals surface area (Å²) in [5.41, 5.74) is 7.74. The molecule has 2 rings (SSSR count). The normalized spacial score (nSPS) is 10.0. The van der Waals surface area contributed by atoms with Crippen LogP contribution in [0.2, 0.25) is 5.15 Å². The molecule has 0 atom stereocenters. The first kappa shape index (κ1) is 14.8. The van der Waals surface area contributed by atoms with Gasteiger partial charge in [0, 0.05) is 6.20 Å². The van der Waals surface area contributed by atoms with Crippen LogP contribution in [0.25, 0.3) is 0 Å². The number of anilines is 3. The SMILES string of the molecule is Cc1ccc(NC(=O)C(=O)Nc2cccnc2Cl)c(N)c1. The van der Waals surface area contributed by atoms with Crippen molar-refractivity contribution < 1.29 is 9.59 Å². The quantitative estimate of drug-likeness (QED) is 0.450. The molecule has 4 N–H and O–H groups in total. The Balaban J connectivity index is 2.06. The lowest BCUT2D eigenvalue weighted by molar-refractivity contribution is -0.132. The highest BCUT2D eigenvalue weighted by molar-refractivity contribution is 6.44. The summed E-state index contributed by atoms with van der Waals surface area (Å²) in [4.78, 5) is 27.4. The highest BCUT2D eigenvalue weighted by atomic mass is 35.5. The fourth-order valence-corrected chi connectivity index (χ4v) is 1.80. The fraction of sp³-hybridized carbons (Fsp3) is 0.0714. The summed E-state index contributed by atoms with van der Waals surface area (Å²) in [7, 11) is 0. The standard InChI is InChI=1S/C14H13ClN4O2/c1-8-4-5-10(9(16)7-8)18-13(20)14(21)19-11-3-2-6-17-12(11)15/h2-7H,16H2,1H3,(H,18,20)(H,19,21). The van der Waals surface area contributed by atoms with Crippen LogP contribution < -0.4 is 16.4 Å². The molecule has 2 amide bonds. The van der Waals surface area contributed by atoms with Gasteiger partial charge in [0.2, 0.25) is 0 Å². The molecule has 0 unspecified atom stereocenters. The zero-order chi connectivity index (χ0) is 15.4. The van der Waals surface area contributed by atoms with E-state index in [2.05, 4.69) is 15.6 Å². The first-order chi connectivity index (χ1) is 9.97. The number of benzene rings is 1. The predicted octanol–water partition coefficient (Wildman–Crippen LogP) is 2.20. The molecule has 0 aliphatic heterocycles. The lowest BCUT2D eigenvalue weighted by Crippen LogP contribution is -2.29. The first-order valence-corrected chi connectivity index (χ1v) is 6.44. The zero-order valence-corrected chi connectivity index (χ0v) is 11.9. The number of carbonyl (C=O) groups excluding carboxylic acids is 2. The van der Waals surface area contributed by atoms with Gasteiger partial charge in [-0.15, -0.1) is 0 Å². The van der Waals surface area contributed by atoms with E-state index in [4.69, 9.17) is 17.3 Å². The Morgan fingerprint density at radius 2 is 1.81 bits per heavy atom. The summed E-state index contributed by atoms with van der Waals surface area (Å²) in [6.45, 7) is 1.87. The van der Waals surface area contributed by atoms with Gasteiger partial charge in [-0.25, -0.2) is 4.98 Å². The number of amides is 2. The molecule has 1 aromatic heterocycles. The zero-order valence-electron chi connectivity index (χ0n) is 11.2. The maximum absolute atomic E-state index is 11.8. The van der Waals surface area contributed by atoms with Gasteiger partial charge in [-0.05, 0) is 36.8 Å². The molecule has 0 spiro atoms. The lowest BCUT2D eigenvalue weighted by Gasteiger charge is -2.09. The van der Waals surface area contributed by atoms with Crippen molar-refractivity contribution in [2.75, 3.05) is 16.4 Å².